The van der Waals surface area contributed by atoms with Crippen LogP contribution in [0.25, 0.3) is 0 Å². The molecule has 0 aromatic carbocycles. The highest BCUT2D eigenvalue weighted by Crippen LogP contribution is 2.63. The van der Waals surface area contributed by atoms with Crippen LogP contribution >= 0.6 is 0 Å². The first-order valence-electron chi connectivity index (χ1n) is 5.54. The van der Waals surface area contributed by atoms with Gasteiger partial charge in [0.2, 0.25) is 0 Å². The lowest BCUT2D eigenvalue weighted by Crippen LogP contribution is -2.49. The predicted molar refractivity (Wildman–Crippen MR) is 56.7 cm³/mol. The van der Waals surface area contributed by atoms with E-state index in [1.165, 1.54) is 19.3 Å². The molecule has 1 nitrogen and oxygen atoms in total. The third kappa shape index (κ3) is 1.09. The minimum absolute atomic E-state index is 0.538. The van der Waals surface area contributed by atoms with E-state index in [1.54, 1.807) is 0 Å². The molecule has 1 heteroatoms. The quantitative estimate of drug-likeness (QED) is 0.601. The van der Waals surface area contributed by atoms with E-state index in [2.05, 4.69) is 39.8 Å². The van der Waals surface area contributed by atoms with Crippen molar-refractivity contribution in [1.82, 2.24) is 4.90 Å². The van der Waals surface area contributed by atoms with E-state index < -0.39 is 0 Å². The van der Waals surface area contributed by atoms with Crippen LogP contribution in [0.2, 0.25) is 0 Å². The zero-order valence-electron chi connectivity index (χ0n) is 9.72. The molecule has 0 unspecified atom stereocenters. The maximum Gasteiger partial charge on any atom is 0.0197 e. The smallest absolute Gasteiger partial charge is 0.0197 e. The van der Waals surface area contributed by atoms with Crippen LogP contribution in [0.3, 0.4) is 0 Å². The Hall–Kier alpha value is -0.0400. The molecule has 0 aliphatic heterocycles. The van der Waals surface area contributed by atoms with Gasteiger partial charge >= 0.3 is 0 Å². The Labute approximate surface area is 82.5 Å². The molecule has 13 heavy (non-hydrogen) atoms. The first kappa shape index (κ1) is 9.51. The summed E-state index contributed by atoms with van der Waals surface area (Å²) in [7, 11) is 4.50. The molecule has 0 amide bonds. The van der Waals surface area contributed by atoms with E-state index in [0.29, 0.717) is 10.8 Å². The molecule has 0 aromatic heterocycles. The number of fused-ring (bicyclic) bond motifs is 2. The second kappa shape index (κ2) is 2.50. The lowest BCUT2D eigenvalue weighted by atomic mass is 9.68. The molecular weight excluding hydrogens is 158 g/mol. The number of nitrogens with zero attached hydrogens (tertiary/aromatic N) is 1. The van der Waals surface area contributed by atoms with Crippen molar-refractivity contribution in [2.75, 3.05) is 14.1 Å². The van der Waals surface area contributed by atoms with Crippen molar-refractivity contribution in [3.63, 3.8) is 0 Å². The summed E-state index contributed by atoms with van der Waals surface area (Å²) >= 11 is 0. The van der Waals surface area contributed by atoms with Gasteiger partial charge in [0.25, 0.3) is 0 Å². The summed E-state index contributed by atoms with van der Waals surface area (Å²) in [6.45, 7) is 7.42. The Kier molecular flexibility index (Phi) is 1.83. The maximum atomic E-state index is 2.49. The first-order chi connectivity index (χ1) is 5.88. The molecule has 2 aliphatic rings. The highest BCUT2D eigenvalue weighted by molar-refractivity contribution is 5.11. The first-order valence-corrected chi connectivity index (χ1v) is 5.54. The van der Waals surface area contributed by atoms with Gasteiger partial charge in [-0.3, -0.25) is 0 Å². The molecule has 0 spiro atoms. The van der Waals surface area contributed by atoms with Gasteiger partial charge in [-0.1, -0.05) is 20.8 Å². The summed E-state index contributed by atoms with van der Waals surface area (Å²) in [4.78, 5) is 2.46. The second-order valence-electron chi connectivity index (χ2n) is 6.28. The fourth-order valence-corrected chi connectivity index (χ4v) is 4.56. The topological polar surface area (TPSA) is 3.24 Å². The monoisotopic (exact) mass is 181 g/mol. The van der Waals surface area contributed by atoms with Crippen LogP contribution in [-0.2, 0) is 0 Å². The van der Waals surface area contributed by atoms with Gasteiger partial charge in [-0.15, -0.1) is 0 Å². The summed E-state index contributed by atoms with van der Waals surface area (Å²) in [6, 6.07) is 0.791. The van der Waals surface area contributed by atoms with Crippen molar-refractivity contribution < 1.29 is 0 Å². The minimum atomic E-state index is 0.538. The molecule has 2 bridgehead atoms. The summed E-state index contributed by atoms with van der Waals surface area (Å²) in [5.74, 6) is 0.977. The molecule has 3 atom stereocenters. The van der Waals surface area contributed by atoms with E-state index in [1.807, 2.05) is 0 Å². The SMILES string of the molecule is CN(C)[C@@H]1C(C)(C)[C@@H]2CC[C@]1(C)C2. The summed E-state index contributed by atoms with van der Waals surface area (Å²) in [5.41, 5.74) is 1.15. The molecule has 2 saturated carbocycles. The summed E-state index contributed by atoms with van der Waals surface area (Å²) in [5, 5.41) is 0. The van der Waals surface area contributed by atoms with Crippen molar-refractivity contribution in [2.24, 2.45) is 16.7 Å². The van der Waals surface area contributed by atoms with Gasteiger partial charge in [-0.05, 0) is 50.1 Å². The molecule has 2 aliphatic carbocycles. The molecule has 0 aromatic rings. The van der Waals surface area contributed by atoms with Crippen molar-refractivity contribution in [3.8, 4) is 0 Å². The van der Waals surface area contributed by atoms with Crippen LogP contribution in [0.5, 0.6) is 0 Å². The van der Waals surface area contributed by atoms with Crippen LogP contribution < -0.4 is 0 Å². The Bertz CT molecular complexity index is 214. The highest BCUT2D eigenvalue weighted by Gasteiger charge is 2.59. The molecular formula is C12H23N. The molecule has 0 saturated heterocycles. The lowest BCUT2D eigenvalue weighted by molar-refractivity contribution is 0.0348. The third-order valence-electron chi connectivity index (χ3n) is 4.71. The Morgan fingerprint density at radius 2 is 1.77 bits per heavy atom. The van der Waals surface area contributed by atoms with Crippen LogP contribution in [0.1, 0.15) is 40.0 Å². The summed E-state index contributed by atoms with van der Waals surface area (Å²) in [6.07, 6.45) is 4.38. The fraction of sp³-hybridized carbons (Fsp3) is 1.00. The van der Waals surface area contributed by atoms with Gasteiger partial charge < -0.3 is 4.90 Å². The van der Waals surface area contributed by atoms with Crippen molar-refractivity contribution in [1.29, 1.82) is 0 Å². The van der Waals surface area contributed by atoms with Crippen LogP contribution in [-0.4, -0.2) is 25.0 Å². The minimum Gasteiger partial charge on any atom is -0.305 e. The molecule has 0 radical (unpaired) electrons. The van der Waals surface area contributed by atoms with Gasteiger partial charge in [-0.25, -0.2) is 0 Å². The average Bonchev–Trinajstić information content (AvgIpc) is 2.36. The lowest BCUT2D eigenvalue weighted by Gasteiger charge is -2.46. The van der Waals surface area contributed by atoms with Crippen molar-refractivity contribution in [3.05, 3.63) is 0 Å². The molecule has 2 rings (SSSR count). The number of hydrogen-bond acceptors (Lipinski definition) is 1. The van der Waals surface area contributed by atoms with Gasteiger partial charge in [0.15, 0.2) is 0 Å². The molecule has 2 fully saturated rings. The Balaban J connectivity index is 2.34. The van der Waals surface area contributed by atoms with E-state index in [-0.39, 0.29) is 0 Å². The largest absolute Gasteiger partial charge is 0.305 e. The molecule has 0 N–H and O–H groups in total. The predicted octanol–water partition coefficient (Wildman–Crippen LogP) is 2.76. The van der Waals surface area contributed by atoms with Crippen LogP contribution in [0.15, 0.2) is 0 Å². The van der Waals surface area contributed by atoms with Crippen molar-refractivity contribution >= 4 is 0 Å². The van der Waals surface area contributed by atoms with Gasteiger partial charge in [0.1, 0.15) is 0 Å². The standard InChI is InChI=1S/C12H23N/c1-11(2)9-6-7-12(3,8-9)10(11)13(4)5/h9-10H,6-8H2,1-5H3/t9-,10-,12-/m1/s1. The maximum absolute atomic E-state index is 2.49. The van der Waals surface area contributed by atoms with E-state index in [0.717, 1.165) is 12.0 Å². The number of hydrogen-bond donors (Lipinski definition) is 0. The summed E-state index contributed by atoms with van der Waals surface area (Å²) < 4.78 is 0. The zero-order chi connectivity index (χ0) is 9.85. The highest BCUT2D eigenvalue weighted by atomic mass is 15.1. The zero-order valence-corrected chi connectivity index (χ0v) is 9.72. The second-order valence-corrected chi connectivity index (χ2v) is 6.28. The molecule has 76 valence electrons. The van der Waals surface area contributed by atoms with Crippen molar-refractivity contribution in [2.45, 2.75) is 46.1 Å². The fourth-order valence-electron chi connectivity index (χ4n) is 4.56. The third-order valence-corrected chi connectivity index (χ3v) is 4.71. The van der Waals surface area contributed by atoms with E-state index in [4.69, 9.17) is 0 Å². The Morgan fingerprint density at radius 3 is 2.08 bits per heavy atom. The van der Waals surface area contributed by atoms with Gasteiger partial charge in [0, 0.05) is 6.04 Å². The van der Waals surface area contributed by atoms with E-state index in [9.17, 15) is 0 Å². The van der Waals surface area contributed by atoms with Crippen LogP contribution in [0.4, 0.5) is 0 Å². The van der Waals surface area contributed by atoms with E-state index >= 15 is 0 Å². The van der Waals surface area contributed by atoms with Gasteiger partial charge in [0.05, 0.1) is 0 Å². The van der Waals surface area contributed by atoms with Gasteiger partial charge in [-0.2, -0.15) is 0 Å². The normalized spacial score (nSPS) is 47.5. The Morgan fingerprint density at radius 1 is 1.15 bits per heavy atom. The number of rotatable bonds is 1. The molecule has 0 heterocycles. The van der Waals surface area contributed by atoms with Crippen LogP contribution in [0, 0.1) is 16.7 Å². The average molecular weight is 181 g/mol.